The lowest BCUT2D eigenvalue weighted by Gasteiger charge is -2.12. The molecule has 1 rings (SSSR count). The Bertz CT molecular complexity index is 572. The van der Waals surface area contributed by atoms with Crippen LogP contribution in [-0.2, 0) is 16.1 Å². The molecule has 0 aliphatic carbocycles. The Hall–Kier alpha value is -2.81. The summed E-state index contributed by atoms with van der Waals surface area (Å²) in [5, 5.41) is 13.9. The number of rotatable bonds is 6. The highest BCUT2D eigenvalue weighted by molar-refractivity contribution is 5.96. The van der Waals surface area contributed by atoms with E-state index < -0.39 is 17.9 Å². The second kappa shape index (κ2) is 7.70. The smallest absolute Gasteiger partial charge is 0.327 e. The van der Waals surface area contributed by atoms with Gasteiger partial charge in [-0.3, -0.25) is 9.59 Å². The summed E-state index contributed by atoms with van der Waals surface area (Å²) in [4.78, 5) is 33.6. The summed E-state index contributed by atoms with van der Waals surface area (Å²) >= 11 is 0. The number of carboxylic acids is 1. The molecule has 1 aromatic carbocycles. The van der Waals surface area contributed by atoms with Crippen molar-refractivity contribution in [3.8, 4) is 12.3 Å². The number of aliphatic carboxylic acids is 1. The van der Waals surface area contributed by atoms with Crippen LogP contribution in [0.1, 0.15) is 29.3 Å². The maximum atomic E-state index is 11.9. The molecule has 0 aromatic heterocycles. The normalized spacial score (nSPS) is 11.0. The van der Waals surface area contributed by atoms with Gasteiger partial charge in [0.25, 0.3) is 5.91 Å². The van der Waals surface area contributed by atoms with Crippen LogP contribution in [0.15, 0.2) is 24.3 Å². The molecule has 0 saturated carbocycles. The van der Waals surface area contributed by atoms with E-state index in [1.165, 1.54) is 6.92 Å². The maximum absolute atomic E-state index is 11.9. The topological polar surface area (TPSA) is 95.5 Å². The first-order chi connectivity index (χ1) is 9.93. The molecule has 0 spiro atoms. The minimum atomic E-state index is -1.18. The van der Waals surface area contributed by atoms with Gasteiger partial charge in [0.2, 0.25) is 5.91 Å². The number of amides is 2. The Balaban J connectivity index is 2.68. The van der Waals surface area contributed by atoms with Gasteiger partial charge < -0.3 is 15.7 Å². The molecule has 0 aliphatic rings. The molecule has 1 atom stereocenters. The summed E-state index contributed by atoms with van der Waals surface area (Å²) in [6.45, 7) is 1.78. The molecule has 6 heteroatoms. The molecule has 6 nitrogen and oxygen atoms in total. The van der Waals surface area contributed by atoms with Crippen LogP contribution in [0.25, 0.3) is 0 Å². The van der Waals surface area contributed by atoms with Gasteiger partial charge in [-0.2, -0.15) is 0 Å². The summed E-state index contributed by atoms with van der Waals surface area (Å²) in [6.07, 6.45) is 4.98. The molecule has 0 bridgehead atoms. The number of terminal acetylenes is 1. The zero-order chi connectivity index (χ0) is 15.8. The number of nitrogens with one attached hydrogen (secondary N) is 2. The molecular formula is C15H16N2O4. The van der Waals surface area contributed by atoms with E-state index in [9.17, 15) is 14.4 Å². The highest BCUT2D eigenvalue weighted by atomic mass is 16.4. The van der Waals surface area contributed by atoms with Gasteiger partial charge in [-0.1, -0.05) is 12.1 Å². The van der Waals surface area contributed by atoms with E-state index >= 15 is 0 Å². The molecule has 21 heavy (non-hydrogen) atoms. The van der Waals surface area contributed by atoms with Gasteiger partial charge in [-0.05, 0) is 17.7 Å². The predicted octanol–water partition coefficient (Wildman–Crippen LogP) is 0.529. The second-order valence-corrected chi connectivity index (χ2v) is 4.38. The zero-order valence-electron chi connectivity index (χ0n) is 11.6. The minimum absolute atomic E-state index is 0.0817. The first-order valence-electron chi connectivity index (χ1n) is 6.24. The van der Waals surface area contributed by atoms with E-state index in [-0.39, 0.29) is 12.3 Å². The Kier molecular flexibility index (Phi) is 5.96. The van der Waals surface area contributed by atoms with Gasteiger partial charge in [0.1, 0.15) is 6.04 Å². The van der Waals surface area contributed by atoms with E-state index in [1.54, 1.807) is 24.3 Å². The van der Waals surface area contributed by atoms with Crippen molar-refractivity contribution in [2.75, 3.05) is 0 Å². The van der Waals surface area contributed by atoms with Crippen LogP contribution in [-0.4, -0.2) is 28.9 Å². The van der Waals surface area contributed by atoms with E-state index in [0.29, 0.717) is 12.1 Å². The van der Waals surface area contributed by atoms with Gasteiger partial charge in [-0.15, -0.1) is 12.3 Å². The maximum Gasteiger partial charge on any atom is 0.327 e. The van der Waals surface area contributed by atoms with Crippen LogP contribution in [0.2, 0.25) is 0 Å². The fourth-order valence-corrected chi connectivity index (χ4v) is 1.56. The molecule has 2 amide bonds. The SMILES string of the molecule is C#CCC(NC(=O)c1ccc(CNC(C)=O)cc1)C(=O)O. The number of carbonyl (C=O) groups excluding carboxylic acids is 2. The average Bonchev–Trinajstić information content (AvgIpc) is 2.45. The lowest BCUT2D eigenvalue weighted by molar-refractivity contribution is -0.139. The second-order valence-electron chi connectivity index (χ2n) is 4.38. The van der Waals surface area contributed by atoms with Crippen molar-refractivity contribution in [3.63, 3.8) is 0 Å². The molecule has 0 heterocycles. The van der Waals surface area contributed by atoms with E-state index in [1.807, 2.05) is 0 Å². The quantitative estimate of drug-likeness (QED) is 0.665. The third-order valence-electron chi connectivity index (χ3n) is 2.68. The lowest BCUT2D eigenvalue weighted by Crippen LogP contribution is -2.40. The minimum Gasteiger partial charge on any atom is -0.480 e. The Morgan fingerprint density at radius 1 is 1.29 bits per heavy atom. The monoisotopic (exact) mass is 288 g/mol. The largest absolute Gasteiger partial charge is 0.480 e. The molecule has 1 aromatic rings. The first-order valence-corrected chi connectivity index (χ1v) is 6.24. The number of hydrogen-bond donors (Lipinski definition) is 3. The Morgan fingerprint density at radius 2 is 1.90 bits per heavy atom. The highest BCUT2D eigenvalue weighted by Gasteiger charge is 2.19. The van der Waals surface area contributed by atoms with Crippen LogP contribution in [0.3, 0.4) is 0 Å². The van der Waals surface area contributed by atoms with Crippen molar-refractivity contribution < 1.29 is 19.5 Å². The van der Waals surface area contributed by atoms with E-state index in [4.69, 9.17) is 11.5 Å². The average molecular weight is 288 g/mol. The van der Waals surface area contributed by atoms with Crippen molar-refractivity contribution in [2.45, 2.75) is 25.9 Å². The van der Waals surface area contributed by atoms with Crippen molar-refractivity contribution in [2.24, 2.45) is 0 Å². The summed E-state index contributed by atoms with van der Waals surface area (Å²) in [6, 6.07) is 5.37. The Labute approximate surface area is 122 Å². The van der Waals surface area contributed by atoms with Gasteiger partial charge in [0, 0.05) is 25.5 Å². The van der Waals surface area contributed by atoms with Crippen LogP contribution in [0.5, 0.6) is 0 Å². The molecular weight excluding hydrogens is 272 g/mol. The third kappa shape index (κ3) is 5.37. The number of carboxylic acid groups (broad SMARTS) is 1. The predicted molar refractivity (Wildman–Crippen MR) is 76.3 cm³/mol. The van der Waals surface area contributed by atoms with E-state index in [2.05, 4.69) is 16.6 Å². The Morgan fingerprint density at radius 3 is 2.38 bits per heavy atom. The van der Waals surface area contributed by atoms with Crippen LogP contribution in [0.4, 0.5) is 0 Å². The fourth-order valence-electron chi connectivity index (χ4n) is 1.56. The van der Waals surface area contributed by atoms with Crippen molar-refractivity contribution in [1.29, 1.82) is 0 Å². The van der Waals surface area contributed by atoms with Gasteiger partial charge in [0.05, 0.1) is 0 Å². The zero-order valence-corrected chi connectivity index (χ0v) is 11.6. The number of benzene rings is 1. The lowest BCUT2D eigenvalue weighted by atomic mass is 10.1. The molecule has 0 aliphatic heterocycles. The standard InChI is InChI=1S/C15H16N2O4/c1-3-4-13(15(20)21)17-14(19)12-7-5-11(6-8-12)9-16-10(2)18/h1,5-8,13H,4,9H2,2H3,(H,16,18)(H,17,19)(H,20,21). The van der Waals surface area contributed by atoms with Gasteiger partial charge in [0.15, 0.2) is 0 Å². The first kappa shape index (κ1) is 16.2. The van der Waals surface area contributed by atoms with E-state index in [0.717, 1.165) is 5.56 Å². The summed E-state index contributed by atoms with van der Waals surface area (Å²) in [7, 11) is 0. The fraction of sp³-hybridized carbons (Fsp3) is 0.267. The van der Waals surface area contributed by atoms with Crippen molar-refractivity contribution in [3.05, 3.63) is 35.4 Å². The highest BCUT2D eigenvalue weighted by Crippen LogP contribution is 2.05. The molecule has 110 valence electrons. The summed E-state index contributed by atoms with van der Waals surface area (Å²) < 4.78 is 0. The van der Waals surface area contributed by atoms with Crippen LogP contribution >= 0.6 is 0 Å². The summed E-state index contributed by atoms with van der Waals surface area (Å²) in [5.74, 6) is 0.376. The van der Waals surface area contributed by atoms with Crippen molar-refractivity contribution >= 4 is 17.8 Å². The molecule has 3 N–H and O–H groups in total. The van der Waals surface area contributed by atoms with Crippen LogP contribution < -0.4 is 10.6 Å². The molecule has 1 unspecified atom stereocenters. The molecule has 0 fully saturated rings. The number of hydrogen-bond acceptors (Lipinski definition) is 3. The third-order valence-corrected chi connectivity index (χ3v) is 2.68. The van der Waals surface area contributed by atoms with Gasteiger partial charge >= 0.3 is 5.97 Å². The van der Waals surface area contributed by atoms with Crippen LogP contribution in [0, 0.1) is 12.3 Å². The number of carbonyl (C=O) groups is 3. The van der Waals surface area contributed by atoms with Gasteiger partial charge in [-0.25, -0.2) is 4.79 Å². The summed E-state index contributed by atoms with van der Waals surface area (Å²) in [5.41, 5.74) is 1.16. The molecule has 0 saturated heterocycles. The van der Waals surface area contributed by atoms with Crippen molar-refractivity contribution in [1.82, 2.24) is 10.6 Å². The molecule has 0 radical (unpaired) electrons.